The van der Waals surface area contributed by atoms with Crippen molar-refractivity contribution in [3.63, 3.8) is 0 Å². The minimum Gasteiger partial charge on any atom is -0.465 e. The van der Waals surface area contributed by atoms with Crippen LogP contribution in [-0.4, -0.2) is 25.0 Å². The van der Waals surface area contributed by atoms with Gasteiger partial charge in [-0.2, -0.15) is 0 Å². The lowest BCUT2D eigenvalue weighted by Crippen LogP contribution is -2.46. The molecule has 0 N–H and O–H groups in total. The first-order valence-corrected chi connectivity index (χ1v) is 7.00. The lowest BCUT2D eigenvalue weighted by Gasteiger charge is -2.40. The molecule has 20 heavy (non-hydrogen) atoms. The van der Waals surface area contributed by atoms with Gasteiger partial charge in [0.15, 0.2) is 0 Å². The topological polar surface area (TPSA) is 46.6 Å². The van der Waals surface area contributed by atoms with Crippen LogP contribution in [-0.2, 0) is 16.0 Å². The van der Waals surface area contributed by atoms with E-state index >= 15 is 0 Å². The van der Waals surface area contributed by atoms with Gasteiger partial charge in [-0.05, 0) is 42.5 Å². The number of esters is 1. The van der Waals surface area contributed by atoms with Gasteiger partial charge < -0.3 is 9.64 Å². The van der Waals surface area contributed by atoms with Gasteiger partial charge in [0, 0.05) is 18.7 Å². The van der Waals surface area contributed by atoms with E-state index in [0.717, 1.165) is 24.1 Å². The molecule has 1 aliphatic heterocycles. The summed E-state index contributed by atoms with van der Waals surface area (Å²) in [7, 11) is 1.37. The van der Waals surface area contributed by atoms with Crippen molar-refractivity contribution in [2.45, 2.75) is 39.7 Å². The predicted molar refractivity (Wildman–Crippen MR) is 77.9 cm³/mol. The molecule has 1 aromatic rings. The summed E-state index contributed by atoms with van der Waals surface area (Å²) in [5.41, 5.74) is 2.51. The molecular formula is C16H21NO3. The first-order chi connectivity index (χ1) is 9.49. The van der Waals surface area contributed by atoms with E-state index < -0.39 is 0 Å². The predicted octanol–water partition coefficient (Wildman–Crippen LogP) is 2.80. The molecule has 2 atom stereocenters. The van der Waals surface area contributed by atoms with E-state index in [4.69, 9.17) is 4.74 Å². The van der Waals surface area contributed by atoms with Gasteiger partial charge >= 0.3 is 5.97 Å². The largest absolute Gasteiger partial charge is 0.465 e. The number of benzene rings is 1. The lowest BCUT2D eigenvalue weighted by molar-refractivity contribution is -0.117. The van der Waals surface area contributed by atoms with Gasteiger partial charge in [-0.15, -0.1) is 0 Å². The fraction of sp³-hybridized carbons (Fsp3) is 0.500. The van der Waals surface area contributed by atoms with Crippen LogP contribution in [0.1, 0.15) is 43.1 Å². The maximum absolute atomic E-state index is 12.0. The molecule has 0 spiro atoms. The molecule has 0 radical (unpaired) electrons. The molecule has 1 heterocycles. The Kier molecular flexibility index (Phi) is 4.12. The van der Waals surface area contributed by atoms with Gasteiger partial charge in [0.25, 0.3) is 0 Å². The summed E-state index contributed by atoms with van der Waals surface area (Å²) >= 11 is 0. The highest BCUT2D eigenvalue weighted by Gasteiger charge is 2.33. The molecule has 0 aromatic heterocycles. The SMILES string of the molecule is CC[C@H]1C(C)Cc2cc(C(=O)OC)ccc2N1C(C)=O. The maximum atomic E-state index is 12.0. The second-order valence-electron chi connectivity index (χ2n) is 5.38. The zero-order valence-electron chi connectivity index (χ0n) is 12.5. The van der Waals surface area contributed by atoms with Gasteiger partial charge in [-0.25, -0.2) is 4.79 Å². The Morgan fingerprint density at radius 2 is 2.10 bits per heavy atom. The number of nitrogens with zero attached hydrogens (tertiary/aromatic N) is 1. The normalized spacial score (nSPS) is 21.3. The number of hydrogen-bond donors (Lipinski definition) is 0. The van der Waals surface area contributed by atoms with E-state index in [1.165, 1.54) is 7.11 Å². The summed E-state index contributed by atoms with van der Waals surface area (Å²) in [6.07, 6.45) is 1.81. The average molecular weight is 275 g/mol. The van der Waals surface area contributed by atoms with Gasteiger partial charge in [0.05, 0.1) is 12.7 Å². The van der Waals surface area contributed by atoms with E-state index in [2.05, 4.69) is 13.8 Å². The lowest BCUT2D eigenvalue weighted by atomic mass is 9.85. The highest BCUT2D eigenvalue weighted by molar-refractivity contribution is 5.95. The second-order valence-corrected chi connectivity index (χ2v) is 5.38. The van der Waals surface area contributed by atoms with E-state index in [0.29, 0.717) is 11.5 Å². The molecular weight excluding hydrogens is 254 g/mol. The Morgan fingerprint density at radius 3 is 2.65 bits per heavy atom. The summed E-state index contributed by atoms with van der Waals surface area (Å²) in [4.78, 5) is 25.5. The summed E-state index contributed by atoms with van der Waals surface area (Å²) in [6.45, 7) is 5.85. The van der Waals surface area contributed by atoms with E-state index in [1.807, 2.05) is 17.0 Å². The van der Waals surface area contributed by atoms with Crippen molar-refractivity contribution in [1.82, 2.24) is 0 Å². The number of carbonyl (C=O) groups excluding carboxylic acids is 2. The Morgan fingerprint density at radius 1 is 1.40 bits per heavy atom. The number of ether oxygens (including phenoxy) is 1. The Bertz CT molecular complexity index is 539. The van der Waals surface area contributed by atoms with Crippen molar-refractivity contribution >= 4 is 17.6 Å². The Balaban J connectivity index is 2.48. The molecule has 4 heteroatoms. The number of methoxy groups -OCH3 is 1. The first-order valence-electron chi connectivity index (χ1n) is 7.00. The molecule has 108 valence electrons. The van der Waals surface area contributed by atoms with Crippen molar-refractivity contribution in [1.29, 1.82) is 0 Å². The zero-order chi connectivity index (χ0) is 14.9. The minimum absolute atomic E-state index is 0.0514. The van der Waals surface area contributed by atoms with Gasteiger partial charge in [-0.3, -0.25) is 4.79 Å². The van der Waals surface area contributed by atoms with Crippen molar-refractivity contribution in [2.75, 3.05) is 12.0 Å². The average Bonchev–Trinajstić information content (AvgIpc) is 2.43. The van der Waals surface area contributed by atoms with E-state index in [1.54, 1.807) is 13.0 Å². The van der Waals surface area contributed by atoms with Crippen molar-refractivity contribution in [3.8, 4) is 0 Å². The smallest absolute Gasteiger partial charge is 0.337 e. The van der Waals surface area contributed by atoms with Crippen LogP contribution in [0.3, 0.4) is 0 Å². The van der Waals surface area contributed by atoms with Crippen molar-refractivity contribution < 1.29 is 14.3 Å². The number of fused-ring (bicyclic) bond motifs is 1. The van der Waals surface area contributed by atoms with Gasteiger partial charge in [-0.1, -0.05) is 13.8 Å². The number of rotatable bonds is 2. The third-order valence-corrected chi connectivity index (χ3v) is 4.05. The minimum atomic E-state index is -0.340. The molecule has 0 saturated carbocycles. The number of hydrogen-bond acceptors (Lipinski definition) is 3. The molecule has 1 amide bonds. The standard InChI is InChI=1S/C16H21NO3/c1-5-14-10(2)8-13-9-12(16(19)20-4)6-7-15(13)17(14)11(3)18/h6-7,9-10,14H,5,8H2,1-4H3/t10?,14-/m0/s1. The third-order valence-electron chi connectivity index (χ3n) is 4.05. The second kappa shape index (κ2) is 5.65. The number of amides is 1. The highest BCUT2D eigenvalue weighted by atomic mass is 16.5. The van der Waals surface area contributed by atoms with Crippen LogP contribution >= 0.6 is 0 Å². The summed E-state index contributed by atoms with van der Waals surface area (Å²) in [5, 5.41) is 0. The van der Waals surface area contributed by atoms with Crippen LogP contribution in [0.4, 0.5) is 5.69 Å². The Labute approximate surface area is 119 Å². The quantitative estimate of drug-likeness (QED) is 0.780. The fourth-order valence-electron chi connectivity index (χ4n) is 3.13. The maximum Gasteiger partial charge on any atom is 0.337 e. The molecule has 2 rings (SSSR count). The van der Waals surface area contributed by atoms with Crippen molar-refractivity contribution in [3.05, 3.63) is 29.3 Å². The van der Waals surface area contributed by atoms with Gasteiger partial charge in [0.2, 0.25) is 5.91 Å². The van der Waals surface area contributed by atoms with Crippen LogP contribution in [0.25, 0.3) is 0 Å². The van der Waals surface area contributed by atoms with E-state index in [9.17, 15) is 9.59 Å². The number of anilines is 1. The molecule has 1 aromatic carbocycles. The van der Waals surface area contributed by atoms with Crippen LogP contribution in [0.15, 0.2) is 18.2 Å². The Hall–Kier alpha value is -1.84. The highest BCUT2D eigenvalue weighted by Crippen LogP contribution is 2.35. The van der Waals surface area contributed by atoms with Crippen LogP contribution in [0.5, 0.6) is 0 Å². The monoisotopic (exact) mass is 275 g/mol. The molecule has 0 fully saturated rings. The molecule has 1 aliphatic rings. The number of carbonyl (C=O) groups is 2. The molecule has 4 nitrogen and oxygen atoms in total. The van der Waals surface area contributed by atoms with Crippen LogP contribution in [0, 0.1) is 5.92 Å². The van der Waals surface area contributed by atoms with Crippen LogP contribution < -0.4 is 4.90 Å². The molecule has 0 saturated heterocycles. The molecule has 0 bridgehead atoms. The van der Waals surface area contributed by atoms with Crippen LogP contribution in [0.2, 0.25) is 0 Å². The summed E-state index contributed by atoms with van der Waals surface area (Å²) < 4.78 is 4.75. The zero-order valence-corrected chi connectivity index (χ0v) is 12.5. The third kappa shape index (κ3) is 2.42. The van der Waals surface area contributed by atoms with Gasteiger partial charge in [0.1, 0.15) is 0 Å². The summed E-state index contributed by atoms with van der Waals surface area (Å²) in [5.74, 6) is 0.0900. The first kappa shape index (κ1) is 14.6. The molecule has 0 aliphatic carbocycles. The molecule has 1 unspecified atom stereocenters. The van der Waals surface area contributed by atoms with Crippen molar-refractivity contribution in [2.24, 2.45) is 5.92 Å². The summed E-state index contributed by atoms with van der Waals surface area (Å²) in [6, 6.07) is 5.66. The van der Waals surface area contributed by atoms with E-state index in [-0.39, 0.29) is 17.9 Å². The fourth-order valence-corrected chi connectivity index (χ4v) is 3.13.